The molecule has 0 radical (unpaired) electrons. The molecule has 3 atom stereocenters. The molecule has 172 valence electrons. The Morgan fingerprint density at radius 3 is 2.53 bits per heavy atom. The van der Waals surface area contributed by atoms with Crippen LogP contribution in [0.3, 0.4) is 0 Å². The molecule has 1 aromatic heterocycles. The van der Waals surface area contributed by atoms with Gasteiger partial charge in [0.1, 0.15) is 12.6 Å². The Labute approximate surface area is 192 Å². The number of aliphatic hydroxyl groups is 1. The molecule has 1 aromatic carbocycles. The normalized spacial score (nSPS) is 25.9. The number of likely N-dealkylation sites (tertiary alicyclic amines) is 1. The number of esters is 1. The summed E-state index contributed by atoms with van der Waals surface area (Å²) in [5.41, 5.74) is 0.207. The molecule has 32 heavy (non-hydrogen) atoms. The average Bonchev–Trinajstić information content (AvgIpc) is 3.23. The summed E-state index contributed by atoms with van der Waals surface area (Å²) in [5, 5.41) is 11.7. The number of hydrogen-bond acceptors (Lipinski definition) is 4. The lowest BCUT2D eigenvalue weighted by atomic mass is 9.73. The van der Waals surface area contributed by atoms with E-state index in [0.29, 0.717) is 12.2 Å². The fourth-order valence-corrected chi connectivity index (χ4v) is 5.67. The van der Waals surface area contributed by atoms with Crippen LogP contribution in [0.5, 0.6) is 0 Å². The highest BCUT2D eigenvalue weighted by Gasteiger charge is 2.48. The fourth-order valence-electron chi connectivity index (χ4n) is 5.67. The molecule has 1 saturated heterocycles. The highest BCUT2D eigenvalue weighted by Crippen LogP contribution is 2.40. The maximum atomic E-state index is 13.4. The van der Waals surface area contributed by atoms with Crippen molar-refractivity contribution in [3.05, 3.63) is 66.0 Å². The molecule has 2 heterocycles. The van der Waals surface area contributed by atoms with Crippen LogP contribution in [-0.2, 0) is 21.6 Å². The zero-order valence-electron chi connectivity index (χ0n) is 19.3. The number of hydrogen-bond donors (Lipinski definition) is 1. The van der Waals surface area contributed by atoms with Crippen LogP contribution in [-0.4, -0.2) is 53.3 Å². The first-order valence-corrected chi connectivity index (χ1v) is 12.2. The number of rotatable bonds is 8. The Morgan fingerprint density at radius 2 is 1.81 bits per heavy atom. The molecule has 2 aromatic rings. The van der Waals surface area contributed by atoms with Crippen molar-refractivity contribution in [2.24, 2.45) is 5.92 Å². The number of ether oxygens (including phenoxy) is 1. The van der Waals surface area contributed by atoms with Crippen molar-refractivity contribution in [3.8, 4) is 0 Å². The Kier molecular flexibility index (Phi) is 7.27. The largest absolute Gasteiger partial charge is 0.457 e. The van der Waals surface area contributed by atoms with E-state index in [0.717, 1.165) is 68.2 Å². The first-order chi connectivity index (χ1) is 15.5. The number of carbonyl (C=O) groups excluding carboxylic acids is 1. The van der Waals surface area contributed by atoms with E-state index in [1.807, 2.05) is 48.7 Å². The molecule has 2 unspecified atom stereocenters. The van der Waals surface area contributed by atoms with Gasteiger partial charge in [-0.2, -0.15) is 0 Å². The van der Waals surface area contributed by atoms with E-state index in [9.17, 15) is 9.90 Å². The molecular formula is C27H37N2O3+. The standard InChI is InChI=1S/C27H37N2O3/c1-29(20-17-24-15-8-9-18-28-24)19-10-16-25(29)21-32-26(30)27(31,22-11-4-2-5-12-22)23-13-6-3-7-14-23/h2,4-5,8-9,11-12,15,18,23,25,31H,3,6-7,10,13-14,16-17,19-21H2,1H3/q+1/t25?,27?,29-/m1/s1. The number of benzene rings is 1. The Balaban J connectivity index is 1.44. The van der Waals surface area contributed by atoms with Crippen LogP contribution in [0.25, 0.3) is 0 Å². The van der Waals surface area contributed by atoms with Gasteiger partial charge in [0, 0.05) is 37.1 Å². The van der Waals surface area contributed by atoms with Crippen molar-refractivity contribution < 1.29 is 19.1 Å². The zero-order chi connectivity index (χ0) is 22.4. The predicted molar refractivity (Wildman–Crippen MR) is 125 cm³/mol. The number of pyridine rings is 1. The van der Waals surface area contributed by atoms with Crippen molar-refractivity contribution in [2.45, 2.75) is 63.0 Å². The molecule has 2 aliphatic rings. The van der Waals surface area contributed by atoms with E-state index in [-0.39, 0.29) is 12.0 Å². The van der Waals surface area contributed by atoms with E-state index in [4.69, 9.17) is 4.74 Å². The molecular weight excluding hydrogens is 400 g/mol. The van der Waals surface area contributed by atoms with Crippen LogP contribution < -0.4 is 0 Å². The summed E-state index contributed by atoms with van der Waals surface area (Å²) < 4.78 is 6.81. The first kappa shape index (κ1) is 22.9. The van der Waals surface area contributed by atoms with Crippen LogP contribution in [0.1, 0.15) is 56.2 Å². The summed E-state index contributed by atoms with van der Waals surface area (Å²) in [7, 11) is 2.26. The Morgan fingerprint density at radius 1 is 1.06 bits per heavy atom. The Hall–Kier alpha value is -2.24. The van der Waals surface area contributed by atoms with E-state index >= 15 is 0 Å². The molecule has 1 N–H and O–H groups in total. The fraction of sp³-hybridized carbons (Fsp3) is 0.556. The number of aromatic nitrogens is 1. The number of quaternary nitrogens is 1. The van der Waals surface area contributed by atoms with E-state index in [2.05, 4.69) is 18.1 Å². The van der Waals surface area contributed by atoms with E-state index in [1.165, 1.54) is 6.42 Å². The molecule has 2 fully saturated rings. The van der Waals surface area contributed by atoms with Gasteiger partial charge in [0.2, 0.25) is 0 Å². The van der Waals surface area contributed by atoms with Gasteiger partial charge in [-0.25, -0.2) is 4.79 Å². The summed E-state index contributed by atoms with van der Waals surface area (Å²) in [6, 6.07) is 15.7. The maximum Gasteiger partial charge on any atom is 0.343 e. The summed E-state index contributed by atoms with van der Waals surface area (Å²) >= 11 is 0. The highest BCUT2D eigenvalue weighted by atomic mass is 16.6. The summed E-state index contributed by atoms with van der Waals surface area (Å²) in [6.07, 6.45) is 9.93. The third-order valence-corrected chi connectivity index (χ3v) is 7.82. The molecule has 0 bridgehead atoms. The van der Waals surface area contributed by atoms with Gasteiger partial charge in [-0.05, 0) is 30.5 Å². The average molecular weight is 438 g/mol. The minimum atomic E-state index is -1.56. The molecule has 1 aliphatic carbocycles. The van der Waals surface area contributed by atoms with Gasteiger partial charge < -0.3 is 14.3 Å². The van der Waals surface area contributed by atoms with Crippen LogP contribution in [0, 0.1) is 5.92 Å². The lowest BCUT2D eigenvalue weighted by molar-refractivity contribution is -0.921. The second-order valence-corrected chi connectivity index (χ2v) is 9.86. The summed E-state index contributed by atoms with van der Waals surface area (Å²) in [6.45, 7) is 2.42. The van der Waals surface area contributed by atoms with Crippen molar-refractivity contribution >= 4 is 5.97 Å². The van der Waals surface area contributed by atoms with Crippen molar-refractivity contribution in [1.82, 2.24) is 4.98 Å². The molecule has 5 nitrogen and oxygen atoms in total. The number of nitrogens with zero attached hydrogens (tertiary/aromatic N) is 2. The molecule has 0 amide bonds. The van der Waals surface area contributed by atoms with Crippen LogP contribution in [0.2, 0.25) is 0 Å². The second kappa shape index (κ2) is 10.1. The van der Waals surface area contributed by atoms with Crippen LogP contribution in [0.15, 0.2) is 54.7 Å². The zero-order valence-corrected chi connectivity index (χ0v) is 19.3. The van der Waals surface area contributed by atoms with Gasteiger partial charge in [0.15, 0.2) is 5.60 Å². The van der Waals surface area contributed by atoms with Crippen molar-refractivity contribution in [1.29, 1.82) is 0 Å². The van der Waals surface area contributed by atoms with E-state index < -0.39 is 11.6 Å². The monoisotopic (exact) mass is 437 g/mol. The van der Waals surface area contributed by atoms with Gasteiger partial charge in [-0.15, -0.1) is 0 Å². The molecule has 1 saturated carbocycles. The van der Waals surface area contributed by atoms with Gasteiger partial charge in [0.25, 0.3) is 0 Å². The SMILES string of the molecule is C[N@+]1(CCc2ccccn2)CCCC1COC(=O)C(O)(c1ccccc1)C1CCCCC1. The third-order valence-electron chi connectivity index (χ3n) is 7.82. The van der Waals surface area contributed by atoms with E-state index in [1.54, 1.807) is 0 Å². The summed E-state index contributed by atoms with van der Waals surface area (Å²) in [4.78, 5) is 17.9. The van der Waals surface area contributed by atoms with Crippen molar-refractivity contribution in [2.75, 3.05) is 26.7 Å². The minimum absolute atomic E-state index is 0.0836. The first-order valence-electron chi connectivity index (χ1n) is 12.2. The smallest absolute Gasteiger partial charge is 0.343 e. The highest BCUT2D eigenvalue weighted by molar-refractivity contribution is 5.81. The van der Waals surface area contributed by atoms with Crippen LogP contribution >= 0.6 is 0 Å². The molecule has 0 spiro atoms. The molecule has 1 aliphatic heterocycles. The number of likely N-dealkylation sites (N-methyl/N-ethyl adjacent to an activating group) is 1. The lowest BCUT2D eigenvalue weighted by Gasteiger charge is -2.39. The molecule has 5 heteroatoms. The lowest BCUT2D eigenvalue weighted by Crippen LogP contribution is -2.52. The quantitative estimate of drug-likeness (QED) is 0.496. The van der Waals surface area contributed by atoms with Gasteiger partial charge in [0.05, 0.1) is 20.1 Å². The Bertz CT molecular complexity index is 869. The predicted octanol–water partition coefficient (Wildman–Crippen LogP) is 4.24. The van der Waals surface area contributed by atoms with Crippen LogP contribution in [0.4, 0.5) is 0 Å². The van der Waals surface area contributed by atoms with Gasteiger partial charge in [-0.1, -0.05) is 55.7 Å². The van der Waals surface area contributed by atoms with Gasteiger partial charge >= 0.3 is 5.97 Å². The topological polar surface area (TPSA) is 59.4 Å². The third kappa shape index (κ3) is 4.89. The molecule has 4 rings (SSSR count). The maximum absolute atomic E-state index is 13.4. The van der Waals surface area contributed by atoms with Gasteiger partial charge in [-0.3, -0.25) is 4.98 Å². The second-order valence-electron chi connectivity index (χ2n) is 9.86. The minimum Gasteiger partial charge on any atom is -0.457 e. The summed E-state index contributed by atoms with van der Waals surface area (Å²) in [5.74, 6) is -0.557. The number of carbonyl (C=O) groups is 1. The van der Waals surface area contributed by atoms with Crippen molar-refractivity contribution in [3.63, 3.8) is 0 Å².